The highest BCUT2D eigenvalue weighted by atomic mass is 32.2. The van der Waals surface area contributed by atoms with E-state index in [0.717, 1.165) is 82.6 Å². The molecule has 11 rings (SSSR count). The van der Waals surface area contributed by atoms with E-state index in [4.69, 9.17) is 15.7 Å². The zero-order valence-electron chi connectivity index (χ0n) is 34.8. The summed E-state index contributed by atoms with van der Waals surface area (Å²) in [6.45, 7) is 12.6. The lowest BCUT2D eigenvalue weighted by atomic mass is 9.93. The molecule has 6 heteroatoms. The van der Waals surface area contributed by atoms with Crippen LogP contribution in [0.15, 0.2) is 161 Å². The average molecular weight is 788 g/mol. The van der Waals surface area contributed by atoms with Crippen LogP contribution in [-0.4, -0.2) is 29.4 Å². The molecule has 4 radical (unpaired) electrons. The second kappa shape index (κ2) is 14.7. The monoisotopic (exact) mass is 787 g/mol. The maximum Gasteiger partial charge on any atom is 0.113 e. The molecule has 0 aliphatic rings. The molecule has 3 aromatic heterocycles. The summed E-state index contributed by atoms with van der Waals surface area (Å²) < 4.78 is 7.39. The van der Waals surface area contributed by atoms with E-state index in [1.165, 1.54) is 42.8 Å². The minimum absolute atomic E-state index is 0.728. The molecular weight excluding hydrogens is 744 g/mol. The molecule has 3 nitrogen and oxygen atoms in total. The first-order valence-corrected chi connectivity index (χ1v) is 21.6. The molecule has 60 heavy (non-hydrogen) atoms. The summed E-state index contributed by atoms with van der Waals surface area (Å²) in [6, 6.07) is 55.2. The highest BCUT2D eigenvalue weighted by Crippen LogP contribution is 2.50. The van der Waals surface area contributed by atoms with E-state index >= 15 is 0 Å². The van der Waals surface area contributed by atoms with Gasteiger partial charge in [-0.2, -0.15) is 0 Å². The molecule has 0 atom stereocenters. The van der Waals surface area contributed by atoms with Crippen molar-refractivity contribution < 1.29 is 0 Å². The summed E-state index contributed by atoms with van der Waals surface area (Å²) in [5.74, 6) is 0. The van der Waals surface area contributed by atoms with Gasteiger partial charge in [0.05, 0.1) is 33.1 Å². The van der Waals surface area contributed by atoms with Crippen LogP contribution in [-0.2, 0) is 0 Å². The first-order chi connectivity index (χ1) is 29.2. The summed E-state index contributed by atoms with van der Waals surface area (Å²) in [5.41, 5.74) is 16.4. The standard InChI is InChI=1S/C52H37B2N3S.C2H6/c1-30-5-14-36(15-6-30)55-45-25-12-34(53)28-42(45)48-50(55)47-41-27-33(4)11-24-44(41)57(38-18-22-40(23-19-38)58-39-20-9-32(3)10-21-39)51(47)49-43-29-35(54)13-26-46(43)56(52(48)49)37-16-7-31(2)8-17-37;1-2/h5-29H,1-4H3;1-2H3. The maximum absolute atomic E-state index is 6.74. The third kappa shape index (κ3) is 5.99. The second-order valence-electron chi connectivity index (χ2n) is 15.8. The molecule has 0 unspecified atom stereocenters. The molecule has 0 saturated carbocycles. The normalized spacial score (nSPS) is 11.7. The largest absolute Gasteiger partial charge is 0.308 e. The maximum atomic E-state index is 6.74. The molecule has 3 heterocycles. The fourth-order valence-electron chi connectivity index (χ4n) is 9.05. The number of rotatable bonds is 5. The highest BCUT2D eigenvalue weighted by Gasteiger charge is 2.29. The van der Waals surface area contributed by atoms with Crippen LogP contribution >= 0.6 is 11.8 Å². The van der Waals surface area contributed by atoms with Gasteiger partial charge in [0.2, 0.25) is 0 Å². The Kier molecular flexibility index (Phi) is 9.30. The molecule has 0 saturated heterocycles. The SMILES string of the molecule is CC.[B]c1ccc2c(c1)c1c(c3c4cc([B])ccc4n(-c4ccc(C)cc4)c3c3c4cc(C)ccc4n(-c4ccc(Sc5ccc(C)cc5)cc4)c13)n2-c1ccc(C)cc1. The molecule has 11 aromatic rings. The fraction of sp³-hybridized carbons (Fsp3) is 0.111. The van der Waals surface area contributed by atoms with Crippen LogP contribution < -0.4 is 10.9 Å². The van der Waals surface area contributed by atoms with Gasteiger partial charge in [-0.05, 0) is 113 Å². The van der Waals surface area contributed by atoms with Crippen molar-refractivity contribution in [1.82, 2.24) is 13.7 Å². The van der Waals surface area contributed by atoms with Crippen molar-refractivity contribution in [3.8, 4) is 17.1 Å². The zero-order valence-corrected chi connectivity index (χ0v) is 35.7. The topological polar surface area (TPSA) is 14.8 Å². The molecule has 0 bridgehead atoms. The zero-order chi connectivity index (χ0) is 41.4. The number of hydrogen-bond donors (Lipinski definition) is 0. The van der Waals surface area contributed by atoms with Crippen molar-refractivity contribution in [2.45, 2.75) is 51.3 Å². The fourth-order valence-corrected chi connectivity index (χ4v) is 9.87. The Morgan fingerprint density at radius 2 is 0.650 bits per heavy atom. The predicted octanol–water partition coefficient (Wildman–Crippen LogP) is 13.0. The van der Waals surface area contributed by atoms with E-state index in [1.54, 1.807) is 11.8 Å². The summed E-state index contributed by atoms with van der Waals surface area (Å²) in [4.78, 5) is 2.42. The van der Waals surface area contributed by atoms with Gasteiger partial charge in [-0.25, -0.2) is 0 Å². The smallest absolute Gasteiger partial charge is 0.113 e. The van der Waals surface area contributed by atoms with Crippen molar-refractivity contribution >= 4 is 104 Å². The molecule has 0 spiro atoms. The lowest BCUT2D eigenvalue weighted by molar-refractivity contribution is 1.16. The van der Waals surface area contributed by atoms with Crippen LogP contribution in [0.25, 0.3) is 82.5 Å². The van der Waals surface area contributed by atoms with E-state index in [2.05, 4.69) is 181 Å². The quantitative estimate of drug-likeness (QED) is 0.159. The van der Waals surface area contributed by atoms with E-state index < -0.39 is 0 Å². The van der Waals surface area contributed by atoms with Crippen molar-refractivity contribution in [3.63, 3.8) is 0 Å². The summed E-state index contributed by atoms with van der Waals surface area (Å²) in [7, 11) is 13.5. The molecule has 8 aromatic carbocycles. The van der Waals surface area contributed by atoms with E-state index in [-0.39, 0.29) is 0 Å². The van der Waals surface area contributed by atoms with Crippen LogP contribution in [0.4, 0.5) is 0 Å². The van der Waals surface area contributed by atoms with Crippen LogP contribution in [0.5, 0.6) is 0 Å². The van der Waals surface area contributed by atoms with Gasteiger partial charge in [0.1, 0.15) is 15.7 Å². The highest BCUT2D eigenvalue weighted by molar-refractivity contribution is 7.99. The number of nitrogens with zero attached hydrogens (tertiary/aromatic N) is 3. The Morgan fingerprint density at radius 1 is 0.350 bits per heavy atom. The summed E-state index contributed by atoms with van der Waals surface area (Å²) >= 11 is 1.79. The summed E-state index contributed by atoms with van der Waals surface area (Å²) in [6.07, 6.45) is 0. The molecule has 0 aliphatic carbocycles. The van der Waals surface area contributed by atoms with Gasteiger partial charge < -0.3 is 13.7 Å². The van der Waals surface area contributed by atoms with Crippen LogP contribution in [0, 0.1) is 27.7 Å². The first kappa shape index (κ1) is 37.9. The summed E-state index contributed by atoms with van der Waals surface area (Å²) in [5, 5.41) is 6.92. The Labute approximate surface area is 358 Å². The minimum Gasteiger partial charge on any atom is -0.308 e. The van der Waals surface area contributed by atoms with Crippen LogP contribution in [0.1, 0.15) is 36.1 Å². The van der Waals surface area contributed by atoms with E-state index in [0.29, 0.717) is 0 Å². The Bertz CT molecular complexity index is 3370. The number of fused-ring (bicyclic) bond motifs is 12. The Balaban J connectivity index is 0.00000213. The average Bonchev–Trinajstić information content (AvgIpc) is 3.88. The van der Waals surface area contributed by atoms with Gasteiger partial charge in [-0.15, -0.1) is 0 Å². The lowest BCUT2D eigenvalue weighted by Gasteiger charge is -2.14. The molecule has 0 fully saturated rings. The van der Waals surface area contributed by atoms with Gasteiger partial charge in [0.15, 0.2) is 0 Å². The van der Waals surface area contributed by atoms with Crippen molar-refractivity contribution in [2.75, 3.05) is 0 Å². The predicted molar refractivity (Wildman–Crippen MR) is 261 cm³/mol. The van der Waals surface area contributed by atoms with Gasteiger partial charge in [-0.3, -0.25) is 0 Å². The number of aromatic nitrogens is 3. The lowest BCUT2D eigenvalue weighted by Crippen LogP contribution is -2.01. The third-order valence-electron chi connectivity index (χ3n) is 11.8. The molecule has 0 aliphatic heterocycles. The van der Waals surface area contributed by atoms with Gasteiger partial charge in [0.25, 0.3) is 0 Å². The van der Waals surface area contributed by atoms with Crippen molar-refractivity contribution in [1.29, 1.82) is 0 Å². The van der Waals surface area contributed by atoms with E-state index in [9.17, 15) is 0 Å². The van der Waals surface area contributed by atoms with Gasteiger partial charge in [-0.1, -0.05) is 126 Å². The van der Waals surface area contributed by atoms with Crippen molar-refractivity contribution in [3.05, 3.63) is 174 Å². The number of benzene rings is 8. The number of aryl methyl sites for hydroxylation is 4. The Morgan fingerprint density at radius 3 is 1.05 bits per heavy atom. The van der Waals surface area contributed by atoms with Crippen LogP contribution in [0.2, 0.25) is 0 Å². The molecular formula is C54H43B2N3S. The minimum atomic E-state index is 0.728. The first-order valence-electron chi connectivity index (χ1n) is 20.7. The molecule has 0 amide bonds. The number of hydrogen-bond acceptors (Lipinski definition) is 1. The van der Waals surface area contributed by atoms with Crippen LogP contribution in [0.3, 0.4) is 0 Å². The van der Waals surface area contributed by atoms with E-state index in [1.807, 2.05) is 26.0 Å². The molecule has 286 valence electrons. The van der Waals surface area contributed by atoms with Gasteiger partial charge >= 0.3 is 0 Å². The van der Waals surface area contributed by atoms with Gasteiger partial charge in [0, 0.05) is 59.2 Å². The Hall–Kier alpha value is -6.36. The molecule has 0 N–H and O–H groups in total. The third-order valence-corrected chi connectivity index (χ3v) is 12.8. The van der Waals surface area contributed by atoms with Crippen molar-refractivity contribution in [2.24, 2.45) is 0 Å². The second-order valence-corrected chi connectivity index (χ2v) is 17.0.